The molecule has 1 fully saturated rings. The molecule has 1 saturated heterocycles. The quantitative estimate of drug-likeness (QED) is 0.786. The molecule has 1 aliphatic rings. The predicted molar refractivity (Wildman–Crippen MR) is 105 cm³/mol. The number of carbonyl (C=O) groups excluding carboxylic acids is 1. The summed E-state index contributed by atoms with van der Waals surface area (Å²) in [5.74, 6) is -0.0694. The largest absolute Gasteiger partial charge is 0.378 e. The summed E-state index contributed by atoms with van der Waals surface area (Å²) in [7, 11) is 2.00. The van der Waals surface area contributed by atoms with E-state index in [1.54, 1.807) is 0 Å². The van der Waals surface area contributed by atoms with E-state index >= 15 is 0 Å². The van der Waals surface area contributed by atoms with Crippen molar-refractivity contribution in [2.24, 2.45) is 7.05 Å². The molecule has 1 N–H and O–H groups in total. The van der Waals surface area contributed by atoms with Gasteiger partial charge >= 0.3 is 0 Å². The second kappa shape index (κ2) is 6.84. The summed E-state index contributed by atoms with van der Waals surface area (Å²) < 4.78 is 7.51. The van der Waals surface area contributed by atoms with Crippen LogP contribution in [0.1, 0.15) is 16.1 Å². The highest BCUT2D eigenvalue weighted by molar-refractivity contribution is 6.15. The average Bonchev–Trinajstić information content (AvgIpc) is 2.94. The summed E-state index contributed by atoms with van der Waals surface area (Å²) in [6, 6.07) is 16.0. The number of morpholine rings is 1. The fourth-order valence-corrected chi connectivity index (χ4v) is 3.65. The summed E-state index contributed by atoms with van der Waals surface area (Å²) in [4.78, 5) is 15.4. The zero-order chi connectivity index (χ0) is 18.1. The fraction of sp³-hybridized carbons (Fsp3) is 0.286. The Kier molecular flexibility index (Phi) is 4.39. The summed E-state index contributed by atoms with van der Waals surface area (Å²) >= 11 is 0. The van der Waals surface area contributed by atoms with Crippen LogP contribution in [0.3, 0.4) is 0 Å². The lowest BCUT2D eigenvalue weighted by molar-refractivity contribution is 0.102. The number of carbonyl (C=O) groups is 1. The number of hydrogen-bond acceptors (Lipinski definition) is 3. The highest BCUT2D eigenvalue weighted by Crippen LogP contribution is 2.29. The number of hydrogen-bond donors (Lipinski definition) is 1. The highest BCUT2D eigenvalue weighted by atomic mass is 16.5. The third kappa shape index (κ3) is 2.84. The van der Waals surface area contributed by atoms with Crippen LogP contribution in [0, 0.1) is 6.92 Å². The van der Waals surface area contributed by atoms with Crippen LogP contribution in [-0.4, -0.2) is 36.8 Å². The molecule has 134 valence electrons. The first kappa shape index (κ1) is 16.7. The lowest BCUT2D eigenvalue weighted by Crippen LogP contribution is -2.36. The van der Waals surface area contributed by atoms with Crippen LogP contribution >= 0.6 is 0 Å². The SMILES string of the molecule is Cc1c(C(=O)Nc2ccccc2N2CCOCC2)c2ccccc2n1C. The van der Waals surface area contributed by atoms with Gasteiger partial charge in [0, 0.05) is 36.7 Å². The van der Waals surface area contributed by atoms with Crippen molar-refractivity contribution in [1.29, 1.82) is 0 Å². The van der Waals surface area contributed by atoms with Crippen molar-refractivity contribution in [2.45, 2.75) is 6.92 Å². The molecule has 2 heterocycles. The number of nitrogens with one attached hydrogen (secondary N) is 1. The van der Waals surface area contributed by atoms with E-state index in [2.05, 4.69) is 20.9 Å². The second-order valence-electron chi connectivity index (χ2n) is 6.61. The summed E-state index contributed by atoms with van der Waals surface area (Å²) in [5, 5.41) is 4.12. The maximum atomic E-state index is 13.1. The fourth-order valence-electron chi connectivity index (χ4n) is 3.65. The number of fused-ring (bicyclic) bond motifs is 1. The number of benzene rings is 2. The van der Waals surface area contributed by atoms with Gasteiger partial charge in [0.1, 0.15) is 0 Å². The average molecular weight is 349 g/mol. The van der Waals surface area contributed by atoms with E-state index in [1.807, 2.05) is 56.4 Å². The Bertz CT molecular complexity index is 955. The number of anilines is 2. The molecule has 0 radical (unpaired) electrons. The van der Waals surface area contributed by atoms with Crippen LogP contribution < -0.4 is 10.2 Å². The Morgan fingerprint density at radius 1 is 1.04 bits per heavy atom. The minimum atomic E-state index is -0.0694. The van der Waals surface area contributed by atoms with Crippen LogP contribution in [0.25, 0.3) is 10.9 Å². The van der Waals surface area contributed by atoms with Crippen molar-refractivity contribution in [2.75, 3.05) is 36.5 Å². The van der Waals surface area contributed by atoms with Crippen molar-refractivity contribution in [3.63, 3.8) is 0 Å². The van der Waals surface area contributed by atoms with Crippen molar-refractivity contribution in [1.82, 2.24) is 4.57 Å². The molecule has 26 heavy (non-hydrogen) atoms. The zero-order valence-corrected chi connectivity index (χ0v) is 15.2. The Hall–Kier alpha value is -2.79. The van der Waals surface area contributed by atoms with Gasteiger partial charge in [-0.1, -0.05) is 30.3 Å². The molecule has 3 aromatic rings. The van der Waals surface area contributed by atoms with Gasteiger partial charge in [0.05, 0.1) is 30.2 Å². The van der Waals surface area contributed by atoms with Gasteiger partial charge in [-0.3, -0.25) is 4.79 Å². The van der Waals surface area contributed by atoms with Crippen molar-refractivity contribution in [3.05, 3.63) is 59.8 Å². The monoisotopic (exact) mass is 349 g/mol. The van der Waals surface area contributed by atoms with Gasteiger partial charge in [-0.2, -0.15) is 0 Å². The second-order valence-corrected chi connectivity index (χ2v) is 6.61. The minimum absolute atomic E-state index is 0.0694. The van der Waals surface area contributed by atoms with Gasteiger partial charge in [0.2, 0.25) is 0 Å². The molecular weight excluding hydrogens is 326 g/mol. The van der Waals surface area contributed by atoms with E-state index in [9.17, 15) is 4.79 Å². The first-order valence-corrected chi connectivity index (χ1v) is 8.94. The Morgan fingerprint density at radius 2 is 1.73 bits per heavy atom. The van der Waals surface area contributed by atoms with E-state index in [-0.39, 0.29) is 5.91 Å². The maximum absolute atomic E-state index is 13.1. The Balaban J connectivity index is 1.69. The molecule has 1 amide bonds. The first-order chi connectivity index (χ1) is 12.7. The predicted octanol–water partition coefficient (Wildman–Crippen LogP) is 3.58. The standard InChI is InChI=1S/C21H23N3O2/c1-15-20(16-7-3-5-9-18(16)23(15)2)21(25)22-17-8-4-6-10-19(17)24-11-13-26-14-12-24/h3-10H,11-14H2,1-2H3,(H,22,25). The Labute approximate surface area is 153 Å². The van der Waals surface area contributed by atoms with E-state index < -0.39 is 0 Å². The first-order valence-electron chi connectivity index (χ1n) is 8.94. The zero-order valence-electron chi connectivity index (χ0n) is 15.2. The van der Waals surface area contributed by atoms with Crippen LogP contribution in [0.5, 0.6) is 0 Å². The number of rotatable bonds is 3. The van der Waals surface area contributed by atoms with Crippen LogP contribution in [-0.2, 0) is 11.8 Å². The molecule has 0 unspecified atom stereocenters. The number of para-hydroxylation sites is 3. The molecule has 0 spiro atoms. The third-order valence-electron chi connectivity index (χ3n) is 5.13. The topological polar surface area (TPSA) is 46.5 Å². The van der Waals surface area contributed by atoms with Gasteiger partial charge in [0.15, 0.2) is 0 Å². The van der Waals surface area contributed by atoms with Crippen LogP contribution in [0.2, 0.25) is 0 Å². The van der Waals surface area contributed by atoms with Crippen molar-refractivity contribution in [3.8, 4) is 0 Å². The van der Waals surface area contributed by atoms with Gasteiger partial charge in [-0.05, 0) is 25.1 Å². The normalized spacial score (nSPS) is 14.6. The van der Waals surface area contributed by atoms with Crippen LogP contribution in [0.4, 0.5) is 11.4 Å². The molecule has 2 aromatic carbocycles. The molecule has 0 atom stereocenters. The summed E-state index contributed by atoms with van der Waals surface area (Å²) in [5.41, 5.74) is 4.65. The molecule has 1 aromatic heterocycles. The van der Waals surface area contributed by atoms with Gasteiger partial charge < -0.3 is 19.5 Å². The number of amides is 1. The molecule has 0 aliphatic carbocycles. The van der Waals surface area contributed by atoms with E-state index in [4.69, 9.17) is 4.74 Å². The number of aryl methyl sites for hydroxylation is 1. The molecule has 0 saturated carbocycles. The molecule has 1 aliphatic heterocycles. The van der Waals surface area contributed by atoms with Gasteiger partial charge in [-0.15, -0.1) is 0 Å². The van der Waals surface area contributed by atoms with Crippen LogP contribution in [0.15, 0.2) is 48.5 Å². The molecule has 5 heteroatoms. The molecular formula is C21H23N3O2. The third-order valence-corrected chi connectivity index (χ3v) is 5.13. The minimum Gasteiger partial charge on any atom is -0.378 e. The number of aromatic nitrogens is 1. The van der Waals surface area contributed by atoms with Crippen molar-refractivity contribution >= 4 is 28.2 Å². The summed E-state index contributed by atoms with van der Waals surface area (Å²) in [6.07, 6.45) is 0. The van der Waals surface area contributed by atoms with E-state index in [1.165, 1.54) is 0 Å². The smallest absolute Gasteiger partial charge is 0.258 e. The maximum Gasteiger partial charge on any atom is 0.258 e. The lowest BCUT2D eigenvalue weighted by Gasteiger charge is -2.30. The van der Waals surface area contributed by atoms with E-state index in [0.717, 1.165) is 46.6 Å². The molecule has 4 rings (SSSR count). The van der Waals surface area contributed by atoms with Gasteiger partial charge in [0.25, 0.3) is 5.91 Å². The van der Waals surface area contributed by atoms with Crippen molar-refractivity contribution < 1.29 is 9.53 Å². The Morgan fingerprint density at radius 3 is 2.54 bits per heavy atom. The molecule has 0 bridgehead atoms. The summed E-state index contributed by atoms with van der Waals surface area (Å²) in [6.45, 7) is 5.08. The number of nitrogens with zero attached hydrogens (tertiary/aromatic N) is 2. The lowest BCUT2D eigenvalue weighted by atomic mass is 10.1. The number of ether oxygens (including phenoxy) is 1. The molecule has 5 nitrogen and oxygen atoms in total. The van der Waals surface area contributed by atoms with Gasteiger partial charge in [-0.25, -0.2) is 0 Å². The highest BCUT2D eigenvalue weighted by Gasteiger charge is 2.20. The van der Waals surface area contributed by atoms with E-state index in [0.29, 0.717) is 13.2 Å².